The molecule has 3 aromatic rings. The summed E-state index contributed by atoms with van der Waals surface area (Å²) in [5.41, 5.74) is 5.31. The number of nitrogens with one attached hydrogen (secondary N) is 1. The third kappa shape index (κ3) is 4.27. The number of benzene rings is 3. The number of hydrazone groups is 1. The van der Waals surface area contributed by atoms with E-state index < -0.39 is 5.97 Å². The SMILES string of the molecule is Cc1ccccc1Oc1ccc(C=NNc2ccccc2C(=O)O)cc1. The van der Waals surface area contributed by atoms with Crippen LogP contribution in [0.4, 0.5) is 5.69 Å². The van der Waals surface area contributed by atoms with Crippen molar-refractivity contribution in [1.29, 1.82) is 0 Å². The fraction of sp³-hybridized carbons (Fsp3) is 0.0476. The van der Waals surface area contributed by atoms with Gasteiger partial charge in [-0.2, -0.15) is 5.10 Å². The second-order valence-electron chi connectivity index (χ2n) is 5.66. The molecule has 5 nitrogen and oxygen atoms in total. The van der Waals surface area contributed by atoms with Crippen molar-refractivity contribution in [2.45, 2.75) is 6.92 Å². The van der Waals surface area contributed by atoms with E-state index in [1.54, 1.807) is 24.4 Å². The van der Waals surface area contributed by atoms with Gasteiger partial charge in [0.2, 0.25) is 0 Å². The van der Waals surface area contributed by atoms with Gasteiger partial charge in [-0.25, -0.2) is 4.79 Å². The van der Waals surface area contributed by atoms with Crippen LogP contribution >= 0.6 is 0 Å². The van der Waals surface area contributed by atoms with Crippen molar-refractivity contribution in [2.24, 2.45) is 5.10 Å². The van der Waals surface area contributed by atoms with Gasteiger partial charge in [-0.3, -0.25) is 5.43 Å². The Kier molecular flexibility index (Phi) is 5.29. The number of para-hydroxylation sites is 2. The molecule has 0 spiro atoms. The molecule has 3 aromatic carbocycles. The third-order valence-electron chi connectivity index (χ3n) is 3.76. The lowest BCUT2D eigenvalue weighted by Crippen LogP contribution is -2.02. The second kappa shape index (κ2) is 7.98. The number of anilines is 1. The fourth-order valence-electron chi connectivity index (χ4n) is 2.36. The first kappa shape index (κ1) is 17.2. The van der Waals surface area contributed by atoms with Crippen LogP contribution < -0.4 is 10.2 Å². The predicted molar refractivity (Wildman–Crippen MR) is 102 cm³/mol. The number of aromatic carboxylic acids is 1. The van der Waals surface area contributed by atoms with Crippen molar-refractivity contribution in [3.05, 3.63) is 89.5 Å². The van der Waals surface area contributed by atoms with Gasteiger partial charge in [0.15, 0.2) is 0 Å². The molecule has 26 heavy (non-hydrogen) atoms. The number of rotatable bonds is 6. The Hall–Kier alpha value is -3.60. The zero-order chi connectivity index (χ0) is 18.4. The Bertz CT molecular complexity index is 934. The molecule has 0 fully saturated rings. The maximum Gasteiger partial charge on any atom is 0.337 e. The Morgan fingerprint density at radius 2 is 1.69 bits per heavy atom. The van der Waals surface area contributed by atoms with Gasteiger partial charge in [0, 0.05) is 0 Å². The smallest absolute Gasteiger partial charge is 0.337 e. The molecular formula is C21H18N2O3. The van der Waals surface area contributed by atoms with Gasteiger partial charge >= 0.3 is 5.97 Å². The largest absolute Gasteiger partial charge is 0.478 e. The van der Waals surface area contributed by atoms with Gasteiger partial charge in [0.25, 0.3) is 0 Å². The van der Waals surface area contributed by atoms with Crippen LogP contribution in [0.3, 0.4) is 0 Å². The highest BCUT2D eigenvalue weighted by Gasteiger charge is 2.07. The Balaban J connectivity index is 1.65. The average molecular weight is 346 g/mol. The zero-order valence-electron chi connectivity index (χ0n) is 14.2. The minimum absolute atomic E-state index is 0.173. The summed E-state index contributed by atoms with van der Waals surface area (Å²) in [7, 11) is 0. The number of hydrogen-bond donors (Lipinski definition) is 2. The number of aryl methyl sites for hydroxylation is 1. The van der Waals surface area contributed by atoms with Crippen LogP contribution in [0.25, 0.3) is 0 Å². The van der Waals surface area contributed by atoms with Gasteiger partial charge in [-0.15, -0.1) is 0 Å². The van der Waals surface area contributed by atoms with E-state index in [4.69, 9.17) is 9.84 Å². The van der Waals surface area contributed by atoms with E-state index in [2.05, 4.69) is 10.5 Å². The number of carboxylic acids is 1. The lowest BCUT2D eigenvalue weighted by molar-refractivity contribution is 0.0698. The molecule has 0 aliphatic rings. The van der Waals surface area contributed by atoms with Crippen molar-refractivity contribution in [2.75, 3.05) is 5.43 Å². The van der Waals surface area contributed by atoms with E-state index in [1.807, 2.05) is 55.5 Å². The Morgan fingerprint density at radius 3 is 2.42 bits per heavy atom. The summed E-state index contributed by atoms with van der Waals surface area (Å²) in [6, 6.07) is 21.9. The quantitative estimate of drug-likeness (QED) is 0.490. The first-order valence-corrected chi connectivity index (χ1v) is 8.08. The highest BCUT2D eigenvalue weighted by Crippen LogP contribution is 2.24. The van der Waals surface area contributed by atoms with Crippen LogP contribution in [-0.2, 0) is 0 Å². The van der Waals surface area contributed by atoms with Gasteiger partial charge in [0.1, 0.15) is 11.5 Å². The van der Waals surface area contributed by atoms with Crippen molar-refractivity contribution in [1.82, 2.24) is 0 Å². The van der Waals surface area contributed by atoms with E-state index in [0.717, 1.165) is 22.6 Å². The van der Waals surface area contributed by atoms with Crippen LogP contribution in [0.15, 0.2) is 77.9 Å². The number of hydrogen-bond acceptors (Lipinski definition) is 4. The first-order valence-electron chi connectivity index (χ1n) is 8.08. The monoisotopic (exact) mass is 346 g/mol. The van der Waals surface area contributed by atoms with E-state index >= 15 is 0 Å². The lowest BCUT2D eigenvalue weighted by Gasteiger charge is -2.08. The van der Waals surface area contributed by atoms with Gasteiger partial charge < -0.3 is 9.84 Å². The van der Waals surface area contributed by atoms with Crippen LogP contribution in [0.1, 0.15) is 21.5 Å². The van der Waals surface area contributed by atoms with Crippen LogP contribution in [0.5, 0.6) is 11.5 Å². The number of carboxylic acid groups (broad SMARTS) is 1. The molecular weight excluding hydrogens is 328 g/mol. The molecule has 0 saturated heterocycles. The fourth-order valence-corrected chi connectivity index (χ4v) is 2.36. The summed E-state index contributed by atoms with van der Waals surface area (Å²) < 4.78 is 5.85. The molecule has 0 bridgehead atoms. The minimum atomic E-state index is -0.999. The van der Waals surface area contributed by atoms with Gasteiger partial charge in [-0.05, 0) is 60.5 Å². The Morgan fingerprint density at radius 1 is 1.00 bits per heavy atom. The first-order chi connectivity index (χ1) is 12.6. The number of ether oxygens (including phenoxy) is 1. The van der Waals surface area contributed by atoms with Crippen molar-refractivity contribution >= 4 is 17.9 Å². The topological polar surface area (TPSA) is 70.9 Å². The molecule has 0 atom stereocenters. The summed E-state index contributed by atoms with van der Waals surface area (Å²) in [5, 5.41) is 13.3. The average Bonchev–Trinajstić information content (AvgIpc) is 2.65. The summed E-state index contributed by atoms with van der Waals surface area (Å²) in [4.78, 5) is 11.2. The van der Waals surface area contributed by atoms with Crippen molar-refractivity contribution < 1.29 is 14.6 Å². The molecule has 0 aliphatic heterocycles. The normalized spacial score (nSPS) is 10.7. The molecule has 0 aromatic heterocycles. The van der Waals surface area contributed by atoms with Gasteiger partial charge in [0.05, 0.1) is 17.5 Å². The molecule has 0 unspecified atom stereocenters. The van der Waals surface area contributed by atoms with E-state index in [0.29, 0.717) is 5.69 Å². The molecule has 0 aliphatic carbocycles. The predicted octanol–water partition coefficient (Wildman–Crippen LogP) is 4.93. The van der Waals surface area contributed by atoms with Crippen LogP contribution in [-0.4, -0.2) is 17.3 Å². The Labute approximate surface area is 151 Å². The summed E-state index contributed by atoms with van der Waals surface area (Å²) in [6.07, 6.45) is 1.62. The summed E-state index contributed by atoms with van der Waals surface area (Å²) >= 11 is 0. The number of carbonyl (C=O) groups is 1. The summed E-state index contributed by atoms with van der Waals surface area (Å²) in [6.45, 7) is 2.00. The standard InChI is InChI=1S/C21H18N2O3/c1-15-6-2-5-9-20(15)26-17-12-10-16(11-13-17)14-22-23-19-8-4-3-7-18(19)21(24)25/h2-14,23H,1H3,(H,24,25). The molecule has 0 heterocycles. The highest BCUT2D eigenvalue weighted by molar-refractivity contribution is 5.94. The van der Waals surface area contributed by atoms with Gasteiger partial charge in [-0.1, -0.05) is 30.3 Å². The van der Waals surface area contributed by atoms with Crippen LogP contribution in [0.2, 0.25) is 0 Å². The maximum absolute atomic E-state index is 11.2. The van der Waals surface area contributed by atoms with E-state index in [1.165, 1.54) is 6.07 Å². The van der Waals surface area contributed by atoms with E-state index in [9.17, 15) is 4.79 Å². The maximum atomic E-state index is 11.2. The molecule has 0 saturated carbocycles. The molecule has 3 rings (SSSR count). The molecule has 5 heteroatoms. The van der Waals surface area contributed by atoms with Crippen molar-refractivity contribution in [3.8, 4) is 11.5 Å². The van der Waals surface area contributed by atoms with E-state index in [-0.39, 0.29) is 5.56 Å². The molecule has 0 radical (unpaired) electrons. The summed E-state index contributed by atoms with van der Waals surface area (Å²) in [5.74, 6) is 0.558. The third-order valence-corrected chi connectivity index (χ3v) is 3.76. The second-order valence-corrected chi connectivity index (χ2v) is 5.66. The van der Waals surface area contributed by atoms with Crippen LogP contribution in [0, 0.1) is 6.92 Å². The highest BCUT2D eigenvalue weighted by atomic mass is 16.5. The molecule has 0 amide bonds. The van der Waals surface area contributed by atoms with Crippen molar-refractivity contribution in [3.63, 3.8) is 0 Å². The lowest BCUT2D eigenvalue weighted by atomic mass is 10.2. The molecule has 2 N–H and O–H groups in total. The zero-order valence-corrected chi connectivity index (χ0v) is 14.2. The molecule has 130 valence electrons. The minimum Gasteiger partial charge on any atom is -0.478 e. The number of nitrogens with zero attached hydrogens (tertiary/aromatic N) is 1.